The molecule has 0 spiro atoms. The fourth-order valence-corrected chi connectivity index (χ4v) is 4.02. The van der Waals surface area contributed by atoms with Gasteiger partial charge in [-0.1, -0.05) is 11.6 Å². The molecule has 0 bridgehead atoms. The van der Waals surface area contributed by atoms with Crippen LogP contribution >= 0.6 is 11.6 Å². The number of rotatable bonds is 4. The Morgan fingerprint density at radius 1 is 0.967 bits per heavy atom. The maximum Gasteiger partial charge on any atom is 0.251 e. The number of pyridine rings is 1. The highest BCUT2D eigenvalue weighted by Crippen LogP contribution is 2.36. The van der Waals surface area contributed by atoms with Crippen molar-refractivity contribution >= 4 is 23.1 Å². The van der Waals surface area contributed by atoms with Crippen LogP contribution in [0.2, 0.25) is 5.15 Å². The molecule has 0 unspecified atom stereocenters. The lowest BCUT2D eigenvalue weighted by Gasteiger charge is -2.32. The molecule has 0 radical (unpaired) electrons. The zero-order valence-electron chi connectivity index (χ0n) is 16.2. The van der Waals surface area contributed by atoms with E-state index in [0.717, 1.165) is 0 Å². The summed E-state index contributed by atoms with van der Waals surface area (Å²) in [6.45, 7) is 0.450. The summed E-state index contributed by atoms with van der Waals surface area (Å²) in [7, 11) is 0. The SMILES string of the molecule is FC1(F)CCC(Nc2cc(Cl)ncc2-c2ccc(N3CCC(F)(F)CC3)nn2)CC1. The molecule has 3 heterocycles. The Labute approximate surface area is 176 Å². The van der Waals surface area contributed by atoms with Gasteiger partial charge in [0.1, 0.15) is 5.15 Å². The van der Waals surface area contributed by atoms with E-state index in [1.807, 2.05) is 0 Å². The Morgan fingerprint density at radius 3 is 2.27 bits per heavy atom. The highest BCUT2D eigenvalue weighted by atomic mass is 35.5. The molecule has 2 fully saturated rings. The molecule has 30 heavy (non-hydrogen) atoms. The van der Waals surface area contributed by atoms with Gasteiger partial charge in [0.25, 0.3) is 5.92 Å². The van der Waals surface area contributed by atoms with Crippen LogP contribution in [0.3, 0.4) is 0 Å². The Bertz CT molecular complexity index is 873. The van der Waals surface area contributed by atoms with Crippen LogP contribution in [-0.2, 0) is 0 Å². The number of nitrogens with one attached hydrogen (secondary N) is 1. The molecule has 5 nitrogen and oxygen atoms in total. The Kier molecular flexibility index (Phi) is 5.74. The van der Waals surface area contributed by atoms with Gasteiger partial charge in [-0.2, -0.15) is 0 Å². The van der Waals surface area contributed by atoms with E-state index in [4.69, 9.17) is 11.6 Å². The fourth-order valence-electron chi connectivity index (χ4n) is 3.86. The molecule has 10 heteroatoms. The second-order valence-corrected chi connectivity index (χ2v) is 8.33. The Morgan fingerprint density at radius 2 is 1.63 bits per heavy atom. The first-order valence-corrected chi connectivity index (χ1v) is 10.4. The minimum Gasteiger partial charge on any atom is -0.382 e. The third-order valence-corrected chi connectivity index (χ3v) is 5.90. The van der Waals surface area contributed by atoms with Gasteiger partial charge in [-0.15, -0.1) is 10.2 Å². The molecule has 4 rings (SSSR count). The van der Waals surface area contributed by atoms with Crippen LogP contribution in [0.1, 0.15) is 38.5 Å². The first-order chi connectivity index (χ1) is 14.2. The molecule has 1 saturated carbocycles. The summed E-state index contributed by atoms with van der Waals surface area (Å²) in [5.74, 6) is -4.68. The van der Waals surface area contributed by atoms with Crippen molar-refractivity contribution in [2.24, 2.45) is 0 Å². The van der Waals surface area contributed by atoms with E-state index in [-0.39, 0.29) is 50.0 Å². The monoisotopic (exact) mass is 443 g/mol. The van der Waals surface area contributed by atoms with Crippen LogP contribution < -0.4 is 10.2 Å². The molecule has 0 amide bonds. The van der Waals surface area contributed by atoms with E-state index in [1.165, 1.54) is 0 Å². The third-order valence-electron chi connectivity index (χ3n) is 5.69. The molecule has 1 N–H and O–H groups in total. The van der Waals surface area contributed by atoms with Crippen molar-refractivity contribution in [2.45, 2.75) is 56.4 Å². The molecule has 0 aromatic carbocycles. The van der Waals surface area contributed by atoms with Gasteiger partial charge in [-0.3, -0.25) is 0 Å². The lowest BCUT2D eigenvalue weighted by atomic mass is 9.92. The summed E-state index contributed by atoms with van der Waals surface area (Å²) in [6.07, 6.45) is 1.57. The summed E-state index contributed by atoms with van der Waals surface area (Å²) in [4.78, 5) is 5.89. The summed E-state index contributed by atoms with van der Waals surface area (Å²) < 4.78 is 53.6. The highest BCUT2D eigenvalue weighted by molar-refractivity contribution is 6.29. The fraction of sp³-hybridized carbons (Fsp3) is 0.550. The van der Waals surface area contributed by atoms with E-state index < -0.39 is 11.8 Å². The van der Waals surface area contributed by atoms with Gasteiger partial charge in [-0.25, -0.2) is 22.5 Å². The maximum atomic E-state index is 13.4. The first-order valence-electron chi connectivity index (χ1n) is 9.98. The number of halogens is 5. The summed E-state index contributed by atoms with van der Waals surface area (Å²) in [6, 6.07) is 5.04. The molecular formula is C20H22ClF4N5. The van der Waals surface area contributed by atoms with E-state index in [0.29, 0.717) is 35.6 Å². The van der Waals surface area contributed by atoms with Crippen LogP contribution in [0.25, 0.3) is 11.3 Å². The zero-order chi connectivity index (χ0) is 21.4. The number of anilines is 2. The Balaban J connectivity index is 1.50. The Hall–Kier alpha value is -2.16. The smallest absolute Gasteiger partial charge is 0.251 e. The van der Waals surface area contributed by atoms with Crippen molar-refractivity contribution in [2.75, 3.05) is 23.3 Å². The lowest BCUT2D eigenvalue weighted by Crippen LogP contribution is -2.39. The largest absolute Gasteiger partial charge is 0.382 e. The zero-order valence-corrected chi connectivity index (χ0v) is 17.0. The van der Waals surface area contributed by atoms with Gasteiger partial charge in [-0.05, 0) is 31.0 Å². The third kappa shape index (κ3) is 4.94. The van der Waals surface area contributed by atoms with Gasteiger partial charge < -0.3 is 10.2 Å². The summed E-state index contributed by atoms with van der Waals surface area (Å²) in [5, 5.41) is 12.0. The van der Waals surface area contributed by atoms with Crippen molar-refractivity contribution < 1.29 is 17.6 Å². The van der Waals surface area contributed by atoms with E-state index in [9.17, 15) is 17.6 Å². The highest BCUT2D eigenvalue weighted by Gasteiger charge is 2.35. The topological polar surface area (TPSA) is 53.9 Å². The molecule has 2 aromatic heterocycles. The van der Waals surface area contributed by atoms with Crippen LogP contribution in [-0.4, -0.2) is 46.2 Å². The molecule has 1 aliphatic carbocycles. The molecule has 1 saturated heterocycles. The summed E-state index contributed by atoms with van der Waals surface area (Å²) in [5.41, 5.74) is 1.85. The molecule has 2 aromatic rings. The number of hydrogen-bond donors (Lipinski definition) is 1. The number of alkyl halides is 4. The van der Waals surface area contributed by atoms with Crippen LogP contribution in [0.4, 0.5) is 29.1 Å². The van der Waals surface area contributed by atoms with Gasteiger partial charge in [0.2, 0.25) is 5.92 Å². The van der Waals surface area contributed by atoms with Crippen LogP contribution in [0, 0.1) is 0 Å². The second kappa shape index (κ2) is 8.17. The van der Waals surface area contributed by atoms with E-state index in [1.54, 1.807) is 29.3 Å². The van der Waals surface area contributed by atoms with Crippen molar-refractivity contribution in [3.05, 3.63) is 29.5 Å². The van der Waals surface area contributed by atoms with E-state index in [2.05, 4.69) is 20.5 Å². The van der Waals surface area contributed by atoms with Gasteiger partial charge in [0.05, 0.1) is 5.69 Å². The molecule has 2 aliphatic rings. The first kappa shape index (κ1) is 21.1. The average Bonchev–Trinajstić information content (AvgIpc) is 2.70. The molecular weight excluding hydrogens is 422 g/mol. The number of piperidine rings is 1. The van der Waals surface area contributed by atoms with Crippen molar-refractivity contribution in [3.8, 4) is 11.3 Å². The van der Waals surface area contributed by atoms with Gasteiger partial charge in [0.15, 0.2) is 5.82 Å². The van der Waals surface area contributed by atoms with Crippen molar-refractivity contribution in [1.82, 2.24) is 15.2 Å². The molecule has 0 atom stereocenters. The molecule has 162 valence electrons. The van der Waals surface area contributed by atoms with E-state index >= 15 is 0 Å². The van der Waals surface area contributed by atoms with Crippen LogP contribution in [0.15, 0.2) is 24.4 Å². The summed E-state index contributed by atoms with van der Waals surface area (Å²) >= 11 is 6.04. The second-order valence-electron chi connectivity index (χ2n) is 7.95. The maximum absolute atomic E-state index is 13.4. The van der Waals surface area contributed by atoms with Gasteiger partial charge in [0, 0.05) is 62.3 Å². The standard InChI is InChI=1S/C20H22ClF4N5/c21-17-11-16(27-13-3-5-19(22,23)6-4-13)14(12-26-17)15-1-2-18(29-28-15)30-9-7-20(24,25)8-10-30/h1-2,11-13H,3-10H2,(H,26,27). The van der Waals surface area contributed by atoms with Crippen molar-refractivity contribution in [3.63, 3.8) is 0 Å². The number of nitrogens with zero attached hydrogens (tertiary/aromatic N) is 4. The lowest BCUT2D eigenvalue weighted by molar-refractivity contribution is -0.0361. The normalized spacial score (nSPS) is 21.4. The quantitative estimate of drug-likeness (QED) is 0.505. The average molecular weight is 444 g/mol. The predicted molar refractivity (Wildman–Crippen MR) is 107 cm³/mol. The van der Waals surface area contributed by atoms with Gasteiger partial charge >= 0.3 is 0 Å². The molecule has 1 aliphatic heterocycles. The van der Waals surface area contributed by atoms with Crippen LogP contribution in [0.5, 0.6) is 0 Å². The minimum absolute atomic E-state index is 0.0934. The van der Waals surface area contributed by atoms with Crippen molar-refractivity contribution in [1.29, 1.82) is 0 Å². The number of aromatic nitrogens is 3. The predicted octanol–water partition coefficient (Wildman–Crippen LogP) is 5.42. The number of hydrogen-bond acceptors (Lipinski definition) is 5. The minimum atomic E-state index is -2.62.